The van der Waals surface area contributed by atoms with Crippen LogP contribution in [0, 0.1) is 11.8 Å². The molecule has 1 aliphatic carbocycles. The van der Waals surface area contributed by atoms with Gasteiger partial charge in [0.2, 0.25) is 0 Å². The minimum atomic E-state index is -0.610. The van der Waals surface area contributed by atoms with Crippen molar-refractivity contribution in [2.75, 3.05) is 5.32 Å². The lowest BCUT2D eigenvalue weighted by atomic mass is 9.79. The van der Waals surface area contributed by atoms with Crippen molar-refractivity contribution in [2.24, 2.45) is 11.8 Å². The zero-order chi connectivity index (χ0) is 23.9. The van der Waals surface area contributed by atoms with Gasteiger partial charge < -0.3 is 15.5 Å². The molecule has 0 atom stereocenters. The highest BCUT2D eigenvalue weighted by molar-refractivity contribution is 6.32. The van der Waals surface area contributed by atoms with Crippen molar-refractivity contribution in [1.82, 2.24) is 0 Å². The molecule has 0 bridgehead atoms. The first kappa shape index (κ1) is 23.3. The number of anilines is 1. The second kappa shape index (κ2) is 8.61. The SMILES string of the molecule is C=C(C)C(=O)Nc1cc(CC(C)C)c(O)c2c1C(=O)c1c(ccc(CC(C)C)c1O)C2=O. The van der Waals surface area contributed by atoms with E-state index in [0.29, 0.717) is 24.0 Å². The Bertz CT molecular complexity index is 1160. The van der Waals surface area contributed by atoms with Crippen LogP contribution in [-0.2, 0) is 17.6 Å². The van der Waals surface area contributed by atoms with Gasteiger partial charge in [-0.2, -0.15) is 0 Å². The minimum absolute atomic E-state index is 0.0432. The fraction of sp³-hybridized carbons (Fsp3) is 0.346. The Morgan fingerprint density at radius 2 is 1.47 bits per heavy atom. The van der Waals surface area contributed by atoms with E-state index in [1.54, 1.807) is 6.07 Å². The predicted molar refractivity (Wildman–Crippen MR) is 124 cm³/mol. The molecule has 0 spiro atoms. The molecule has 168 valence electrons. The smallest absolute Gasteiger partial charge is 0.250 e. The van der Waals surface area contributed by atoms with Gasteiger partial charge in [-0.1, -0.05) is 40.3 Å². The number of phenolic OH excluding ortho intramolecular Hbond substituents is 2. The molecule has 0 heterocycles. The number of carbonyl (C=O) groups is 3. The van der Waals surface area contributed by atoms with Gasteiger partial charge >= 0.3 is 0 Å². The van der Waals surface area contributed by atoms with Gasteiger partial charge in [-0.15, -0.1) is 0 Å². The number of nitrogens with one attached hydrogen (secondary N) is 1. The van der Waals surface area contributed by atoms with Crippen molar-refractivity contribution in [3.63, 3.8) is 0 Å². The number of hydrogen-bond donors (Lipinski definition) is 3. The first-order valence-corrected chi connectivity index (χ1v) is 10.7. The van der Waals surface area contributed by atoms with Crippen LogP contribution >= 0.6 is 0 Å². The monoisotopic (exact) mass is 435 g/mol. The summed E-state index contributed by atoms with van der Waals surface area (Å²) in [6, 6.07) is 4.69. The summed E-state index contributed by atoms with van der Waals surface area (Å²) in [7, 11) is 0. The van der Waals surface area contributed by atoms with Crippen LogP contribution in [0.4, 0.5) is 5.69 Å². The summed E-state index contributed by atoms with van der Waals surface area (Å²) < 4.78 is 0. The lowest BCUT2D eigenvalue weighted by Gasteiger charge is -2.25. The molecule has 6 nitrogen and oxygen atoms in total. The van der Waals surface area contributed by atoms with Crippen LogP contribution in [-0.4, -0.2) is 27.7 Å². The Hall–Kier alpha value is -3.41. The molecule has 6 heteroatoms. The van der Waals surface area contributed by atoms with Crippen LogP contribution < -0.4 is 5.32 Å². The average Bonchev–Trinajstić information content (AvgIpc) is 2.68. The van der Waals surface area contributed by atoms with Crippen LogP contribution in [0.2, 0.25) is 0 Å². The lowest BCUT2D eigenvalue weighted by molar-refractivity contribution is -0.112. The van der Waals surface area contributed by atoms with Gasteiger partial charge in [0, 0.05) is 11.1 Å². The highest BCUT2D eigenvalue weighted by Gasteiger charge is 2.38. The van der Waals surface area contributed by atoms with Gasteiger partial charge in [0.1, 0.15) is 11.5 Å². The van der Waals surface area contributed by atoms with E-state index in [1.165, 1.54) is 19.1 Å². The standard InChI is InChI=1S/C26H29NO5/c1-12(2)9-15-7-8-17-19(22(15)28)25(31)20-18(27-26(32)14(5)6)11-16(10-13(3)4)23(29)21(20)24(17)30/h7-8,11-13,28-29H,5,9-10H2,1-4,6H3,(H,27,32). The topological polar surface area (TPSA) is 104 Å². The molecule has 1 aliphatic rings. The van der Waals surface area contributed by atoms with E-state index < -0.39 is 17.5 Å². The largest absolute Gasteiger partial charge is 0.507 e. The maximum Gasteiger partial charge on any atom is 0.250 e. The van der Waals surface area contributed by atoms with Crippen molar-refractivity contribution >= 4 is 23.2 Å². The summed E-state index contributed by atoms with van der Waals surface area (Å²) in [5.74, 6) is -1.78. The highest BCUT2D eigenvalue weighted by atomic mass is 16.3. The van der Waals surface area contributed by atoms with Gasteiger partial charge in [0.15, 0.2) is 11.6 Å². The second-order valence-corrected chi connectivity index (χ2v) is 9.27. The van der Waals surface area contributed by atoms with E-state index in [1.807, 2.05) is 27.7 Å². The fourth-order valence-corrected chi connectivity index (χ4v) is 4.03. The Balaban J connectivity index is 2.29. The molecule has 0 aliphatic heterocycles. The normalized spacial score (nSPS) is 12.7. The third-order valence-electron chi connectivity index (χ3n) is 5.46. The average molecular weight is 436 g/mol. The minimum Gasteiger partial charge on any atom is -0.507 e. The first-order valence-electron chi connectivity index (χ1n) is 10.7. The number of phenols is 2. The molecule has 0 fully saturated rings. The summed E-state index contributed by atoms with van der Waals surface area (Å²) in [5.41, 5.74) is 1.07. The van der Waals surface area contributed by atoms with Crippen LogP contribution in [0.25, 0.3) is 0 Å². The van der Waals surface area contributed by atoms with Gasteiger partial charge in [-0.25, -0.2) is 0 Å². The van der Waals surface area contributed by atoms with Crippen LogP contribution in [0.15, 0.2) is 30.4 Å². The summed E-state index contributed by atoms with van der Waals surface area (Å²) >= 11 is 0. The van der Waals surface area contributed by atoms with E-state index in [2.05, 4.69) is 11.9 Å². The van der Waals surface area contributed by atoms with Crippen molar-refractivity contribution in [2.45, 2.75) is 47.5 Å². The Morgan fingerprint density at radius 3 is 2.03 bits per heavy atom. The molecule has 0 aromatic heterocycles. The number of rotatable bonds is 6. The van der Waals surface area contributed by atoms with Gasteiger partial charge in [0.25, 0.3) is 5.91 Å². The number of ketones is 2. The van der Waals surface area contributed by atoms with Crippen LogP contribution in [0.1, 0.15) is 77.6 Å². The number of fused-ring (bicyclic) bond motifs is 2. The molecule has 2 aromatic rings. The maximum atomic E-state index is 13.6. The molecular weight excluding hydrogens is 406 g/mol. The molecule has 2 aromatic carbocycles. The van der Waals surface area contributed by atoms with E-state index in [4.69, 9.17) is 0 Å². The van der Waals surface area contributed by atoms with Crippen molar-refractivity contribution in [3.8, 4) is 11.5 Å². The van der Waals surface area contributed by atoms with Crippen molar-refractivity contribution in [3.05, 3.63) is 63.7 Å². The second-order valence-electron chi connectivity index (χ2n) is 9.27. The Morgan fingerprint density at radius 1 is 0.906 bits per heavy atom. The van der Waals surface area contributed by atoms with Gasteiger partial charge in [-0.05, 0) is 54.9 Å². The number of aromatic hydroxyl groups is 2. The fourth-order valence-electron chi connectivity index (χ4n) is 4.03. The van der Waals surface area contributed by atoms with Crippen molar-refractivity contribution in [1.29, 1.82) is 0 Å². The molecule has 32 heavy (non-hydrogen) atoms. The first-order chi connectivity index (χ1) is 14.9. The number of benzene rings is 2. The molecule has 1 amide bonds. The van der Waals surface area contributed by atoms with E-state index in [0.717, 1.165) is 0 Å². The van der Waals surface area contributed by atoms with E-state index >= 15 is 0 Å². The Kier molecular flexibility index (Phi) is 6.26. The van der Waals surface area contributed by atoms with Gasteiger partial charge in [0.05, 0.1) is 22.4 Å². The molecule has 0 unspecified atom stereocenters. The van der Waals surface area contributed by atoms with E-state index in [9.17, 15) is 24.6 Å². The maximum absolute atomic E-state index is 13.6. The number of hydrogen-bond acceptors (Lipinski definition) is 5. The summed E-state index contributed by atoms with van der Waals surface area (Å²) in [5, 5.41) is 24.5. The molecule has 0 saturated carbocycles. The Labute approximate surface area is 188 Å². The summed E-state index contributed by atoms with van der Waals surface area (Å²) in [4.78, 5) is 39.4. The quantitative estimate of drug-likeness (QED) is 0.382. The van der Waals surface area contributed by atoms with Crippen LogP contribution in [0.3, 0.4) is 0 Å². The number of amides is 1. The summed E-state index contributed by atoms with van der Waals surface area (Å²) in [6.45, 7) is 13.0. The molecular formula is C26H29NO5. The lowest BCUT2D eigenvalue weighted by Crippen LogP contribution is -2.25. The molecule has 3 N–H and O–H groups in total. The third-order valence-corrected chi connectivity index (χ3v) is 5.46. The number of carbonyl (C=O) groups excluding carboxylic acids is 3. The van der Waals surface area contributed by atoms with Crippen molar-refractivity contribution < 1.29 is 24.6 Å². The third kappa shape index (κ3) is 4.05. The summed E-state index contributed by atoms with van der Waals surface area (Å²) in [6.07, 6.45) is 0.979. The van der Waals surface area contributed by atoms with Gasteiger partial charge in [-0.3, -0.25) is 14.4 Å². The highest BCUT2D eigenvalue weighted by Crippen LogP contribution is 2.43. The van der Waals surface area contributed by atoms with E-state index in [-0.39, 0.29) is 56.8 Å². The van der Waals surface area contributed by atoms with Crippen LogP contribution in [0.5, 0.6) is 11.5 Å². The molecule has 3 rings (SSSR count). The molecule has 0 radical (unpaired) electrons. The molecule has 0 saturated heterocycles. The zero-order valence-corrected chi connectivity index (χ0v) is 19.1. The zero-order valence-electron chi connectivity index (χ0n) is 19.1. The predicted octanol–water partition coefficient (Wildman–Crippen LogP) is 4.78.